The first-order chi connectivity index (χ1) is 28.7. The Morgan fingerprint density at radius 1 is 0.650 bits per heavy atom. The van der Waals surface area contributed by atoms with E-state index in [0.29, 0.717) is 27.3 Å². The lowest BCUT2D eigenvalue weighted by Gasteiger charge is -2.06. The van der Waals surface area contributed by atoms with E-state index in [-0.39, 0.29) is 32.0 Å². The number of nitriles is 2. The number of hydrogen-bond donors (Lipinski definition) is 4. The van der Waals surface area contributed by atoms with Gasteiger partial charge in [0, 0.05) is 85.6 Å². The number of sulfone groups is 2. The van der Waals surface area contributed by atoms with Crippen LogP contribution in [0.25, 0.3) is 32.9 Å². The molecule has 0 aliphatic carbocycles. The Balaban J connectivity index is 0.000000169. The minimum Gasteiger partial charge on any atom is -0.423 e. The molecule has 18 heteroatoms. The van der Waals surface area contributed by atoms with Crippen molar-refractivity contribution >= 4 is 70.0 Å². The maximum Gasteiger partial charge on any atom is 0.490 e. The second-order valence-corrected chi connectivity index (χ2v) is 17.8. The van der Waals surface area contributed by atoms with Gasteiger partial charge in [-0.3, -0.25) is 9.97 Å². The molecular weight excluding hydrogens is 877 g/mol. The zero-order valence-corrected chi connectivity index (χ0v) is 34.2. The van der Waals surface area contributed by atoms with Gasteiger partial charge in [-0.1, -0.05) is 58.4 Å². The molecule has 4 N–H and O–H groups in total. The number of nitrogens with one attached hydrogen (secondary N) is 2. The van der Waals surface area contributed by atoms with Crippen LogP contribution in [0.1, 0.15) is 22.3 Å². The Morgan fingerprint density at radius 3 is 1.62 bits per heavy atom. The van der Waals surface area contributed by atoms with E-state index in [1.165, 1.54) is 42.9 Å². The molecule has 0 saturated heterocycles. The molecule has 0 aliphatic rings. The van der Waals surface area contributed by atoms with Gasteiger partial charge in [0.2, 0.25) is 0 Å². The summed E-state index contributed by atoms with van der Waals surface area (Å²) in [4.78, 5) is 13.9. The summed E-state index contributed by atoms with van der Waals surface area (Å²) in [6.45, 7) is 0. The summed E-state index contributed by atoms with van der Waals surface area (Å²) in [5.41, 5.74) is 3.95. The van der Waals surface area contributed by atoms with Crippen LogP contribution in [0.4, 0.5) is 8.78 Å². The number of rotatable bonds is 8. The molecule has 60 heavy (non-hydrogen) atoms. The van der Waals surface area contributed by atoms with Gasteiger partial charge in [0.25, 0.3) is 0 Å². The van der Waals surface area contributed by atoms with Crippen LogP contribution in [-0.4, -0.2) is 53.9 Å². The van der Waals surface area contributed by atoms with E-state index in [9.17, 15) is 25.6 Å². The second kappa shape index (κ2) is 18.6. The topological polar surface area (TPSA) is 214 Å². The predicted molar refractivity (Wildman–Crippen MR) is 226 cm³/mol. The summed E-state index contributed by atoms with van der Waals surface area (Å²) in [5, 5.41) is 35.7. The molecule has 0 amide bonds. The van der Waals surface area contributed by atoms with Gasteiger partial charge in [-0.2, -0.15) is 10.5 Å². The molecule has 0 fully saturated rings. The predicted octanol–water partition coefficient (Wildman–Crippen LogP) is 6.89. The second-order valence-electron chi connectivity index (χ2n) is 13.0. The van der Waals surface area contributed by atoms with Crippen LogP contribution in [0, 0.1) is 34.3 Å². The molecule has 4 aromatic heterocycles. The molecule has 0 spiro atoms. The number of nitrogens with zero attached hydrogens (tertiary/aromatic N) is 4. The molecule has 300 valence electrons. The molecule has 12 nitrogen and oxygen atoms in total. The molecule has 4 heterocycles. The first kappa shape index (κ1) is 43.1. The van der Waals surface area contributed by atoms with Gasteiger partial charge >= 0.3 is 7.12 Å². The van der Waals surface area contributed by atoms with Crippen LogP contribution in [0.5, 0.6) is 0 Å². The minimum atomic E-state index is -3.78. The Hall–Kier alpha value is -6.54. The van der Waals surface area contributed by atoms with Crippen LogP contribution in [-0.2, 0) is 31.2 Å². The van der Waals surface area contributed by atoms with Gasteiger partial charge in [0.1, 0.15) is 11.6 Å². The van der Waals surface area contributed by atoms with E-state index in [1.807, 2.05) is 36.4 Å². The number of aromatic amines is 2. The third-order valence-electron chi connectivity index (χ3n) is 8.95. The highest BCUT2D eigenvalue weighted by molar-refractivity contribution is 9.10. The molecule has 8 rings (SSSR count). The average molecular weight is 908 g/mol. The average Bonchev–Trinajstić information content (AvgIpc) is 3.88. The van der Waals surface area contributed by atoms with Gasteiger partial charge in [-0.05, 0) is 60.2 Å². The summed E-state index contributed by atoms with van der Waals surface area (Å²) in [5.74, 6) is -2.35. The van der Waals surface area contributed by atoms with Gasteiger partial charge in [-0.15, -0.1) is 0 Å². The number of H-pyrrole nitrogens is 2. The molecule has 0 saturated carbocycles. The van der Waals surface area contributed by atoms with Crippen molar-refractivity contribution in [1.29, 1.82) is 10.5 Å². The summed E-state index contributed by atoms with van der Waals surface area (Å²) >= 11 is 3.32. The van der Waals surface area contributed by atoms with Crippen molar-refractivity contribution in [1.82, 2.24) is 19.9 Å². The lowest BCUT2D eigenvalue weighted by Crippen LogP contribution is -2.29. The Kier molecular flexibility index (Phi) is 13.3. The maximum atomic E-state index is 14.1. The Labute approximate surface area is 351 Å². The molecule has 0 unspecified atom stereocenters. The summed E-state index contributed by atoms with van der Waals surface area (Å²) in [7, 11) is -8.91. The molecule has 0 atom stereocenters. The number of halogens is 3. The van der Waals surface area contributed by atoms with Crippen molar-refractivity contribution in [3.8, 4) is 23.3 Å². The summed E-state index contributed by atoms with van der Waals surface area (Å²) in [6, 6.07) is 28.8. The van der Waals surface area contributed by atoms with Crippen molar-refractivity contribution < 1.29 is 35.7 Å². The number of fused-ring (bicyclic) bond motifs is 2. The van der Waals surface area contributed by atoms with E-state index < -0.39 is 49.9 Å². The van der Waals surface area contributed by atoms with E-state index in [2.05, 4.69) is 35.9 Å². The highest BCUT2D eigenvalue weighted by Gasteiger charge is 2.23. The lowest BCUT2D eigenvalue weighted by molar-refractivity contribution is 0.425. The third-order valence-corrected chi connectivity index (χ3v) is 12.8. The highest BCUT2D eigenvalue weighted by Crippen LogP contribution is 2.31. The van der Waals surface area contributed by atoms with Gasteiger partial charge < -0.3 is 20.0 Å². The minimum absolute atomic E-state index is 0.0281. The molecule has 0 aliphatic heterocycles. The molecule has 0 radical (unpaired) electrons. The fourth-order valence-corrected chi connectivity index (χ4v) is 9.42. The van der Waals surface area contributed by atoms with E-state index >= 15 is 0 Å². The monoisotopic (exact) mass is 906 g/mol. The molecular formula is C42H30BBrF2N6O6S2. The van der Waals surface area contributed by atoms with Gasteiger partial charge in [0.15, 0.2) is 19.7 Å². The molecule has 8 aromatic rings. The van der Waals surface area contributed by atoms with Crippen molar-refractivity contribution in [3.05, 3.63) is 173 Å². The number of pyridine rings is 2. The Morgan fingerprint density at radius 2 is 1.17 bits per heavy atom. The largest absolute Gasteiger partial charge is 0.490 e. The first-order valence-electron chi connectivity index (χ1n) is 17.6. The Bertz CT molecular complexity index is 3140. The van der Waals surface area contributed by atoms with E-state index in [4.69, 9.17) is 20.6 Å². The highest BCUT2D eigenvalue weighted by atomic mass is 79.9. The fourth-order valence-electron chi connectivity index (χ4n) is 5.96. The molecule has 0 bridgehead atoms. The maximum absolute atomic E-state index is 14.1. The zero-order chi connectivity index (χ0) is 43.0. The number of aromatic nitrogens is 4. The zero-order valence-electron chi connectivity index (χ0n) is 31.0. The van der Waals surface area contributed by atoms with E-state index in [0.717, 1.165) is 27.7 Å². The first-order valence-corrected chi connectivity index (χ1v) is 21.7. The standard InChI is InChI=1S/C21H14FN3O2S.C16H10BrFN2O2S.C5H6BNO2/c22-19-8-14(10-23)3-4-17(19)13-28(26,27)21-12-25-20-9-15(5-6-18(20)21)16-2-1-7-24-11-16;17-12-3-4-13-15(6-12)20-8-16(13)23(21,22)9-11-2-1-10(7-19)5-14(11)18;8-6(9)5-2-1-3-7-4-5/h1-9,11-12,25H,13H2;1-6,8,20H,9H2;1-4,8-9H. The van der Waals surface area contributed by atoms with Crippen molar-refractivity contribution in [2.45, 2.75) is 21.3 Å². The van der Waals surface area contributed by atoms with Crippen molar-refractivity contribution in [2.24, 2.45) is 0 Å². The van der Waals surface area contributed by atoms with Crippen LogP contribution in [0.3, 0.4) is 0 Å². The SMILES string of the molecule is N#Cc1ccc(CS(=O)(=O)c2c[nH]c3cc(-c4cccnc4)ccc23)c(F)c1.N#Cc1ccc(CS(=O)(=O)c2c[nH]c3cc(Br)ccc23)c(F)c1.OB(O)c1cccnc1. The normalized spacial score (nSPS) is 11.1. The quantitative estimate of drug-likeness (QED) is 0.116. The van der Waals surface area contributed by atoms with Crippen LogP contribution >= 0.6 is 15.9 Å². The smallest absolute Gasteiger partial charge is 0.423 e. The number of benzene rings is 4. The molecule has 4 aromatic carbocycles. The van der Waals surface area contributed by atoms with Gasteiger partial charge in [-0.25, -0.2) is 25.6 Å². The summed E-state index contributed by atoms with van der Waals surface area (Å²) in [6.07, 6.45) is 9.23. The van der Waals surface area contributed by atoms with E-state index in [1.54, 1.807) is 55.0 Å². The third kappa shape index (κ3) is 10.2. The van der Waals surface area contributed by atoms with Crippen LogP contribution in [0.2, 0.25) is 0 Å². The fraction of sp³-hybridized carbons (Fsp3) is 0.0476. The van der Waals surface area contributed by atoms with Gasteiger partial charge in [0.05, 0.1) is 44.6 Å². The number of hydrogen-bond acceptors (Lipinski definition) is 10. The lowest BCUT2D eigenvalue weighted by atomic mass is 9.82. The van der Waals surface area contributed by atoms with Crippen LogP contribution in [0.15, 0.2) is 149 Å². The van der Waals surface area contributed by atoms with Crippen LogP contribution < -0.4 is 5.46 Å². The van der Waals surface area contributed by atoms with Crippen molar-refractivity contribution in [2.75, 3.05) is 0 Å². The summed E-state index contributed by atoms with van der Waals surface area (Å²) < 4.78 is 79.9. The van der Waals surface area contributed by atoms with Crippen molar-refractivity contribution in [3.63, 3.8) is 0 Å².